The van der Waals surface area contributed by atoms with Gasteiger partial charge in [0.15, 0.2) is 11.6 Å². The molecule has 1 aliphatic carbocycles. The Labute approximate surface area is 202 Å². The molecule has 0 saturated carbocycles. The van der Waals surface area contributed by atoms with E-state index in [1.165, 1.54) is 6.07 Å². The van der Waals surface area contributed by atoms with Gasteiger partial charge in [0.2, 0.25) is 0 Å². The number of halogens is 1. The quantitative estimate of drug-likeness (QED) is 0.564. The third kappa shape index (κ3) is 3.20. The van der Waals surface area contributed by atoms with Crippen LogP contribution in [0.5, 0.6) is 0 Å². The molecule has 6 heteroatoms. The molecule has 2 unspecified atom stereocenters. The summed E-state index contributed by atoms with van der Waals surface area (Å²) < 4.78 is 15.1. The molecule has 0 bridgehead atoms. The molecule has 6 rings (SSSR count). The number of ketones is 1. The van der Waals surface area contributed by atoms with Crippen LogP contribution >= 0.6 is 0 Å². The third-order valence-corrected chi connectivity index (χ3v) is 7.04. The van der Waals surface area contributed by atoms with Crippen molar-refractivity contribution in [1.82, 2.24) is 0 Å². The molecule has 2 N–H and O–H groups in total. The number of nitriles is 1. The molecule has 0 aromatic heterocycles. The van der Waals surface area contributed by atoms with E-state index in [-0.39, 0.29) is 23.1 Å². The van der Waals surface area contributed by atoms with Gasteiger partial charge in [0, 0.05) is 28.8 Å². The fourth-order valence-electron chi connectivity index (χ4n) is 5.50. The first-order valence-electron chi connectivity index (χ1n) is 11.5. The van der Waals surface area contributed by atoms with Crippen LogP contribution in [0.2, 0.25) is 0 Å². The van der Waals surface area contributed by atoms with Crippen molar-refractivity contribution < 1.29 is 9.18 Å². The van der Waals surface area contributed by atoms with Crippen LogP contribution in [0.15, 0.2) is 107 Å². The van der Waals surface area contributed by atoms with E-state index in [1.54, 1.807) is 18.2 Å². The Morgan fingerprint density at radius 3 is 2.46 bits per heavy atom. The molecule has 0 amide bonds. The molecule has 2 atom stereocenters. The Kier molecular flexibility index (Phi) is 4.85. The number of hydrogen-bond acceptors (Lipinski definition) is 5. The Morgan fingerprint density at radius 1 is 0.971 bits per heavy atom. The third-order valence-electron chi connectivity index (χ3n) is 7.04. The van der Waals surface area contributed by atoms with Crippen LogP contribution in [-0.2, 0) is 4.79 Å². The first-order chi connectivity index (χ1) is 17.1. The van der Waals surface area contributed by atoms with E-state index in [4.69, 9.17) is 5.73 Å². The van der Waals surface area contributed by atoms with Crippen molar-refractivity contribution in [1.29, 1.82) is 5.26 Å². The molecule has 3 aliphatic rings. The van der Waals surface area contributed by atoms with Gasteiger partial charge < -0.3 is 5.73 Å². The van der Waals surface area contributed by atoms with Crippen LogP contribution in [-0.4, -0.2) is 11.6 Å². The maximum absolute atomic E-state index is 15.1. The van der Waals surface area contributed by atoms with E-state index in [9.17, 15) is 10.1 Å². The number of carbonyl (C=O) groups is 1. The van der Waals surface area contributed by atoms with Gasteiger partial charge in [-0.3, -0.25) is 9.69 Å². The fraction of sp³-hybridized carbons (Fsp3) is 0.138. The molecule has 0 saturated heterocycles. The standard InChI is InChI=1S/C29H21FN4O/c30-22-12-6-4-10-19(22)26-21(16-31)29-33-28(32)20-11-5-7-13-23(20)34(29)24-14-18(15-25(35)27(24)26)17-8-2-1-3-9-17/h1-13,18,26H,14-15H2,(H2,32,33). The number of Topliss-reactive ketones (excluding diaryl/α,β-unsaturated/α-hetero) is 1. The van der Waals surface area contributed by atoms with Gasteiger partial charge in [-0.05, 0) is 36.1 Å². The van der Waals surface area contributed by atoms with Gasteiger partial charge in [0.05, 0.1) is 23.2 Å². The monoisotopic (exact) mass is 460 g/mol. The molecule has 170 valence electrons. The van der Waals surface area contributed by atoms with Crippen LogP contribution in [0, 0.1) is 17.1 Å². The Hall–Kier alpha value is -4.50. The molecule has 35 heavy (non-hydrogen) atoms. The summed E-state index contributed by atoms with van der Waals surface area (Å²) in [6, 6.07) is 26.1. The number of fused-ring (bicyclic) bond motifs is 4. The van der Waals surface area contributed by atoms with Crippen molar-refractivity contribution in [2.45, 2.75) is 24.7 Å². The molecular weight excluding hydrogens is 439 g/mol. The largest absolute Gasteiger partial charge is 0.383 e. The number of para-hydroxylation sites is 1. The van der Waals surface area contributed by atoms with Crippen molar-refractivity contribution in [3.63, 3.8) is 0 Å². The predicted molar refractivity (Wildman–Crippen MR) is 132 cm³/mol. The van der Waals surface area contributed by atoms with Crippen LogP contribution in [0.4, 0.5) is 10.1 Å². The van der Waals surface area contributed by atoms with Crippen molar-refractivity contribution in [2.75, 3.05) is 4.90 Å². The van der Waals surface area contributed by atoms with Gasteiger partial charge >= 0.3 is 0 Å². The van der Waals surface area contributed by atoms with Crippen LogP contribution in [0.1, 0.15) is 41.4 Å². The van der Waals surface area contributed by atoms with E-state index in [2.05, 4.69) is 11.1 Å². The van der Waals surface area contributed by atoms with E-state index < -0.39 is 11.7 Å². The van der Waals surface area contributed by atoms with E-state index in [0.717, 1.165) is 22.5 Å². The van der Waals surface area contributed by atoms with Gasteiger partial charge in [0.1, 0.15) is 11.7 Å². The molecule has 3 aromatic rings. The van der Waals surface area contributed by atoms with Crippen LogP contribution < -0.4 is 10.6 Å². The molecule has 0 spiro atoms. The fourth-order valence-corrected chi connectivity index (χ4v) is 5.50. The molecule has 5 nitrogen and oxygen atoms in total. The number of hydrogen-bond donors (Lipinski definition) is 1. The summed E-state index contributed by atoms with van der Waals surface area (Å²) in [6.07, 6.45) is 0.852. The van der Waals surface area contributed by atoms with E-state index in [0.29, 0.717) is 29.8 Å². The van der Waals surface area contributed by atoms with Gasteiger partial charge in [-0.25, -0.2) is 9.38 Å². The smallest absolute Gasteiger partial charge is 0.162 e. The topological polar surface area (TPSA) is 82.5 Å². The number of anilines is 1. The average Bonchev–Trinajstić information content (AvgIpc) is 2.89. The Balaban J connectivity index is 1.64. The summed E-state index contributed by atoms with van der Waals surface area (Å²) in [5, 5.41) is 10.3. The second kappa shape index (κ2) is 8.07. The molecule has 2 aliphatic heterocycles. The van der Waals surface area contributed by atoms with Crippen molar-refractivity contribution >= 4 is 17.3 Å². The summed E-state index contributed by atoms with van der Waals surface area (Å²) in [7, 11) is 0. The van der Waals surface area contributed by atoms with Crippen LogP contribution in [0.25, 0.3) is 0 Å². The van der Waals surface area contributed by atoms with Crippen molar-refractivity contribution in [2.24, 2.45) is 10.7 Å². The minimum atomic E-state index is -0.839. The van der Waals surface area contributed by atoms with Gasteiger partial charge in [-0.1, -0.05) is 60.7 Å². The molecular formula is C29H21FN4O. The maximum Gasteiger partial charge on any atom is 0.162 e. The lowest BCUT2D eigenvalue weighted by molar-refractivity contribution is -0.116. The number of benzene rings is 3. The molecule has 0 radical (unpaired) electrons. The highest BCUT2D eigenvalue weighted by atomic mass is 19.1. The number of nitrogens with two attached hydrogens (primary N) is 1. The number of rotatable bonds is 2. The summed E-state index contributed by atoms with van der Waals surface area (Å²) in [4.78, 5) is 20.3. The van der Waals surface area contributed by atoms with Gasteiger partial charge in [0.25, 0.3) is 0 Å². The van der Waals surface area contributed by atoms with Crippen molar-refractivity contribution in [3.05, 3.63) is 124 Å². The lowest BCUT2D eigenvalue weighted by Crippen LogP contribution is -2.40. The van der Waals surface area contributed by atoms with Gasteiger partial charge in [-0.15, -0.1) is 0 Å². The molecule has 0 fully saturated rings. The summed E-state index contributed by atoms with van der Waals surface area (Å²) in [6.45, 7) is 0. The number of nitrogens with zero attached hydrogens (tertiary/aromatic N) is 3. The number of carbonyl (C=O) groups excluding carboxylic acids is 1. The first kappa shape index (κ1) is 21.1. The zero-order valence-corrected chi connectivity index (χ0v) is 18.8. The Bertz CT molecular complexity index is 1510. The zero-order valence-electron chi connectivity index (χ0n) is 18.8. The number of aliphatic imine (C=N–C) groups is 1. The van der Waals surface area contributed by atoms with Crippen LogP contribution in [0.3, 0.4) is 0 Å². The lowest BCUT2D eigenvalue weighted by atomic mass is 9.71. The molecule has 2 heterocycles. The van der Waals surface area contributed by atoms with Gasteiger partial charge in [-0.2, -0.15) is 5.26 Å². The van der Waals surface area contributed by atoms with Crippen molar-refractivity contribution in [3.8, 4) is 6.07 Å². The predicted octanol–water partition coefficient (Wildman–Crippen LogP) is 5.28. The average molecular weight is 461 g/mol. The van der Waals surface area contributed by atoms with E-state index in [1.807, 2.05) is 59.5 Å². The minimum absolute atomic E-state index is 0.0379. The maximum atomic E-state index is 15.1. The summed E-state index contributed by atoms with van der Waals surface area (Å²) in [5.41, 5.74) is 10.6. The normalized spacial score (nSPS) is 21.1. The molecule has 3 aromatic carbocycles. The lowest BCUT2D eigenvalue weighted by Gasteiger charge is -2.43. The van der Waals surface area contributed by atoms with E-state index >= 15 is 4.39 Å². The number of allylic oxidation sites excluding steroid dienone is 3. The second-order valence-electron chi connectivity index (χ2n) is 8.95. The summed E-state index contributed by atoms with van der Waals surface area (Å²) in [5.74, 6) is -0.773. The summed E-state index contributed by atoms with van der Waals surface area (Å²) >= 11 is 0. The highest BCUT2D eigenvalue weighted by molar-refractivity contribution is 6.08. The SMILES string of the molecule is N#CC1=C2N=C(N)c3ccccc3N2C2=C(C(=O)CC(c3ccccc3)C2)C1c1ccccc1F. The second-order valence-corrected chi connectivity index (χ2v) is 8.95. The Morgan fingerprint density at radius 2 is 1.69 bits per heavy atom. The highest BCUT2D eigenvalue weighted by Crippen LogP contribution is 2.52. The highest BCUT2D eigenvalue weighted by Gasteiger charge is 2.45. The zero-order chi connectivity index (χ0) is 24.1. The number of amidine groups is 1. The first-order valence-corrected chi connectivity index (χ1v) is 11.5. The minimum Gasteiger partial charge on any atom is -0.383 e.